The van der Waals surface area contributed by atoms with E-state index in [4.69, 9.17) is 19.1 Å². The van der Waals surface area contributed by atoms with Crippen molar-refractivity contribution in [1.29, 1.82) is 5.26 Å². The van der Waals surface area contributed by atoms with Gasteiger partial charge in [-0.05, 0) is 18.1 Å². The quantitative estimate of drug-likeness (QED) is 0.393. The van der Waals surface area contributed by atoms with Crippen molar-refractivity contribution in [2.24, 2.45) is 4.99 Å². The minimum absolute atomic E-state index is 0.0569. The molecule has 0 saturated carbocycles. The van der Waals surface area contributed by atoms with Crippen LogP contribution in [-0.2, 0) is 22.4 Å². The van der Waals surface area contributed by atoms with Crippen LogP contribution in [0.25, 0.3) is 11.5 Å². The van der Waals surface area contributed by atoms with Crippen molar-refractivity contribution < 1.29 is 13.9 Å². The summed E-state index contributed by atoms with van der Waals surface area (Å²) in [6.45, 7) is 4.43. The van der Waals surface area contributed by atoms with Gasteiger partial charge in [0.15, 0.2) is 11.9 Å². The van der Waals surface area contributed by atoms with Crippen LogP contribution in [0.1, 0.15) is 34.9 Å². The summed E-state index contributed by atoms with van der Waals surface area (Å²) in [5.74, 6) is 0.750. The molecule has 10 heteroatoms. The Labute approximate surface area is 231 Å². The third-order valence-corrected chi connectivity index (χ3v) is 7.01. The molecule has 1 N–H and O–H groups in total. The number of benzene rings is 2. The van der Waals surface area contributed by atoms with Crippen molar-refractivity contribution in [2.45, 2.75) is 25.9 Å². The highest BCUT2D eigenvalue weighted by Crippen LogP contribution is 2.32. The molecule has 0 aliphatic carbocycles. The first-order chi connectivity index (χ1) is 19.6. The molecular weight excluding hydrogens is 506 g/mol. The van der Waals surface area contributed by atoms with Gasteiger partial charge in [0.2, 0.25) is 0 Å². The molecule has 2 aliphatic rings. The number of pyridine rings is 1. The van der Waals surface area contributed by atoms with E-state index < -0.39 is 6.17 Å². The second kappa shape index (κ2) is 11.1. The number of hydrogen-bond donors (Lipinski definition) is 1. The number of ether oxygens (including phenoxy) is 1. The van der Waals surface area contributed by atoms with Crippen LogP contribution in [-0.4, -0.2) is 59.1 Å². The number of aryl methyl sites for hydroxylation is 1. The fraction of sp³-hybridized carbons (Fsp3) is 0.267. The third kappa shape index (κ3) is 4.95. The highest BCUT2D eigenvalue weighted by Gasteiger charge is 2.28. The highest BCUT2D eigenvalue weighted by molar-refractivity contribution is 6.16. The lowest BCUT2D eigenvalue weighted by atomic mass is 9.96. The number of rotatable bonds is 6. The number of anilines is 2. The maximum atomic E-state index is 13.3. The monoisotopic (exact) mass is 533 g/mol. The number of hydrogen-bond acceptors (Lipinski definition) is 10. The van der Waals surface area contributed by atoms with Gasteiger partial charge < -0.3 is 19.4 Å². The van der Waals surface area contributed by atoms with Crippen LogP contribution in [0.5, 0.6) is 0 Å². The van der Waals surface area contributed by atoms with E-state index in [-0.39, 0.29) is 24.1 Å². The zero-order chi connectivity index (χ0) is 27.5. The van der Waals surface area contributed by atoms with E-state index in [0.29, 0.717) is 61.1 Å². The van der Waals surface area contributed by atoms with Crippen molar-refractivity contribution in [3.05, 3.63) is 88.6 Å². The molecule has 10 nitrogen and oxygen atoms in total. The van der Waals surface area contributed by atoms with E-state index in [1.54, 1.807) is 6.07 Å². The SMILES string of the molecule is CCc1nc(N2CCOCC2)c(-c2nnc(N[C@H]3N=C(c4ccccc4)c4ccccc4CC3=O)o2)cc1C#N. The van der Waals surface area contributed by atoms with Gasteiger partial charge >= 0.3 is 6.01 Å². The number of ketones is 1. The number of fused-ring (bicyclic) bond motifs is 1. The van der Waals surface area contributed by atoms with Crippen molar-refractivity contribution in [2.75, 3.05) is 36.5 Å². The summed E-state index contributed by atoms with van der Waals surface area (Å²) in [5.41, 5.74) is 5.17. The van der Waals surface area contributed by atoms with Crippen LogP contribution in [0.2, 0.25) is 0 Å². The summed E-state index contributed by atoms with van der Waals surface area (Å²) in [5, 5.41) is 21.2. The molecule has 2 aliphatic heterocycles. The number of carbonyl (C=O) groups excluding carboxylic acids is 1. The normalized spacial score (nSPS) is 17.0. The Morgan fingerprint density at radius 2 is 1.82 bits per heavy atom. The van der Waals surface area contributed by atoms with Gasteiger partial charge in [0.25, 0.3) is 5.89 Å². The van der Waals surface area contributed by atoms with Gasteiger partial charge in [-0.2, -0.15) is 5.26 Å². The Morgan fingerprint density at radius 3 is 2.60 bits per heavy atom. The second-order valence-corrected chi connectivity index (χ2v) is 9.52. The van der Waals surface area contributed by atoms with Crippen molar-refractivity contribution in [3.8, 4) is 17.5 Å². The van der Waals surface area contributed by atoms with Crippen LogP contribution in [0.4, 0.5) is 11.8 Å². The first-order valence-corrected chi connectivity index (χ1v) is 13.3. The number of carbonyl (C=O) groups is 1. The summed E-state index contributed by atoms with van der Waals surface area (Å²) >= 11 is 0. The molecule has 4 heterocycles. The van der Waals surface area contributed by atoms with E-state index in [2.05, 4.69) is 26.5 Å². The predicted molar refractivity (Wildman–Crippen MR) is 149 cm³/mol. The summed E-state index contributed by atoms with van der Waals surface area (Å²) in [6.07, 6.45) is -0.0978. The molecule has 2 aromatic heterocycles. The van der Waals surface area contributed by atoms with Gasteiger partial charge in [-0.3, -0.25) is 9.79 Å². The lowest BCUT2D eigenvalue weighted by Crippen LogP contribution is -2.37. The predicted octanol–water partition coefficient (Wildman–Crippen LogP) is 3.80. The fourth-order valence-electron chi connectivity index (χ4n) is 4.99. The highest BCUT2D eigenvalue weighted by atomic mass is 16.5. The van der Waals surface area contributed by atoms with Gasteiger partial charge in [-0.1, -0.05) is 66.6 Å². The van der Waals surface area contributed by atoms with E-state index in [0.717, 1.165) is 16.7 Å². The zero-order valence-corrected chi connectivity index (χ0v) is 22.0. The number of Topliss-reactive ketones (excluding diaryl/α,β-unsaturated/α-hetero) is 1. The van der Waals surface area contributed by atoms with Crippen LogP contribution in [0, 0.1) is 11.3 Å². The number of morpholine rings is 1. The van der Waals surface area contributed by atoms with E-state index >= 15 is 0 Å². The molecule has 0 amide bonds. The fourth-order valence-corrected chi connectivity index (χ4v) is 4.99. The number of aliphatic imine (C=N–C) groups is 1. The first-order valence-electron chi connectivity index (χ1n) is 13.3. The molecule has 0 spiro atoms. The lowest BCUT2D eigenvalue weighted by molar-refractivity contribution is -0.119. The average molecular weight is 534 g/mol. The molecule has 6 rings (SSSR count). The molecule has 0 radical (unpaired) electrons. The molecule has 1 atom stereocenters. The van der Waals surface area contributed by atoms with E-state index in [9.17, 15) is 10.1 Å². The summed E-state index contributed by atoms with van der Waals surface area (Å²) < 4.78 is 11.5. The summed E-state index contributed by atoms with van der Waals surface area (Å²) in [4.78, 5) is 25.1. The third-order valence-electron chi connectivity index (χ3n) is 7.01. The van der Waals surface area contributed by atoms with E-state index in [1.165, 1.54) is 0 Å². The maximum absolute atomic E-state index is 13.3. The van der Waals surface area contributed by atoms with Gasteiger partial charge in [0, 0.05) is 30.6 Å². The van der Waals surface area contributed by atoms with Gasteiger partial charge in [-0.25, -0.2) is 4.98 Å². The minimum atomic E-state index is -0.926. The molecule has 200 valence electrons. The number of nitrogens with one attached hydrogen (secondary N) is 1. The van der Waals surface area contributed by atoms with Gasteiger partial charge in [-0.15, -0.1) is 5.10 Å². The summed E-state index contributed by atoms with van der Waals surface area (Å²) in [7, 11) is 0. The number of aromatic nitrogens is 3. The Bertz CT molecular complexity index is 1620. The lowest BCUT2D eigenvalue weighted by Gasteiger charge is -2.29. The van der Waals surface area contributed by atoms with E-state index in [1.807, 2.05) is 61.5 Å². The van der Waals surface area contributed by atoms with Gasteiger partial charge in [0.1, 0.15) is 11.9 Å². The number of nitriles is 1. The van der Waals surface area contributed by atoms with Crippen LogP contribution < -0.4 is 10.2 Å². The maximum Gasteiger partial charge on any atom is 0.317 e. The molecule has 4 aromatic rings. The Balaban J connectivity index is 1.36. The van der Waals surface area contributed by atoms with Crippen LogP contribution in [0.3, 0.4) is 0 Å². The Morgan fingerprint density at radius 1 is 1.05 bits per heavy atom. The van der Waals surface area contributed by atoms with Crippen molar-refractivity contribution >= 4 is 23.3 Å². The Kier molecular flexibility index (Phi) is 7.04. The molecule has 0 unspecified atom stereocenters. The topological polar surface area (TPSA) is 130 Å². The second-order valence-electron chi connectivity index (χ2n) is 9.52. The smallest absolute Gasteiger partial charge is 0.317 e. The molecule has 2 aromatic carbocycles. The molecular formula is C30H27N7O3. The molecule has 40 heavy (non-hydrogen) atoms. The Hall–Kier alpha value is -4.88. The number of nitrogens with zero attached hydrogens (tertiary/aromatic N) is 6. The first kappa shape index (κ1) is 25.4. The van der Waals surface area contributed by atoms with Crippen LogP contribution in [0.15, 0.2) is 70.1 Å². The zero-order valence-electron chi connectivity index (χ0n) is 22.0. The van der Waals surface area contributed by atoms with Crippen molar-refractivity contribution in [3.63, 3.8) is 0 Å². The molecule has 1 saturated heterocycles. The molecule has 0 bridgehead atoms. The largest absolute Gasteiger partial charge is 0.403 e. The molecule has 1 fully saturated rings. The van der Waals surface area contributed by atoms with Gasteiger partial charge in [0.05, 0.1) is 35.7 Å². The van der Waals surface area contributed by atoms with Crippen LogP contribution >= 0.6 is 0 Å². The standard InChI is InChI=1S/C30H27N7O3/c1-2-24-21(18-31)16-23(28(32-24)37-12-14-39-15-13-37)29-35-36-30(40-29)34-27-25(38)17-20-10-6-7-11-22(20)26(33-27)19-8-4-3-5-9-19/h3-11,16,27H,2,12-15,17H2,1H3,(H,34,36)/t27-/m1/s1. The average Bonchev–Trinajstić information content (AvgIpc) is 3.42. The van der Waals surface area contributed by atoms with Crippen molar-refractivity contribution in [1.82, 2.24) is 15.2 Å². The summed E-state index contributed by atoms with van der Waals surface area (Å²) in [6, 6.07) is 21.6. The minimum Gasteiger partial charge on any atom is -0.403 e.